The minimum absolute atomic E-state index is 0.295. The van der Waals surface area contributed by atoms with Crippen LogP contribution in [0.2, 0.25) is 0 Å². The molecule has 0 fully saturated rings. The maximum absolute atomic E-state index is 13.6. The molecule has 0 saturated heterocycles. The molecule has 0 heterocycles. The van der Waals surface area contributed by atoms with E-state index in [1.807, 2.05) is 0 Å². The van der Waals surface area contributed by atoms with Gasteiger partial charge >= 0.3 is 5.97 Å². The predicted molar refractivity (Wildman–Crippen MR) is 70.8 cm³/mol. The molecule has 19 heavy (non-hydrogen) atoms. The molecule has 0 aliphatic heterocycles. The Kier molecular flexibility index (Phi) is 5.45. The van der Waals surface area contributed by atoms with Crippen LogP contribution in [0, 0.1) is 5.82 Å². The van der Waals surface area contributed by atoms with Gasteiger partial charge in [0, 0.05) is 10.5 Å². The second-order valence-corrected chi connectivity index (χ2v) is 6.50. The van der Waals surface area contributed by atoms with Crippen LogP contribution in [0.4, 0.5) is 4.39 Å². The fourth-order valence-electron chi connectivity index (χ4n) is 1.46. The van der Waals surface area contributed by atoms with Gasteiger partial charge in [-0.1, -0.05) is 22.9 Å². The molecule has 0 aliphatic carbocycles. The van der Waals surface area contributed by atoms with E-state index in [0.717, 1.165) is 12.1 Å². The first-order chi connectivity index (χ1) is 8.76. The van der Waals surface area contributed by atoms with E-state index in [4.69, 9.17) is 5.11 Å². The lowest BCUT2D eigenvalue weighted by Crippen LogP contribution is -2.36. The summed E-state index contributed by atoms with van der Waals surface area (Å²) < 4.78 is 40.1. The van der Waals surface area contributed by atoms with Crippen molar-refractivity contribution < 1.29 is 22.7 Å². The summed E-state index contributed by atoms with van der Waals surface area (Å²) in [6.07, 6.45) is -0.0580. The summed E-state index contributed by atoms with van der Waals surface area (Å²) in [4.78, 5) is 10.1. The third-order valence-electron chi connectivity index (χ3n) is 2.42. The Hall–Kier alpha value is -0.990. The largest absolute Gasteiger partial charge is 0.481 e. The van der Waals surface area contributed by atoms with E-state index in [0.29, 0.717) is 10.9 Å². The van der Waals surface area contributed by atoms with Gasteiger partial charge in [0.1, 0.15) is 10.7 Å². The second kappa shape index (κ2) is 6.44. The standard InChI is InChI=1S/C11H13BrFNO4S/c1-2-8(6-11(15)16)14-19(17,18)10-4-3-7(12)5-9(10)13/h3-5,8,14H,2,6H2,1H3,(H,15,16). The molecule has 0 radical (unpaired) electrons. The van der Waals surface area contributed by atoms with Crippen LogP contribution in [0.25, 0.3) is 0 Å². The number of carboxylic acid groups (broad SMARTS) is 1. The van der Waals surface area contributed by atoms with Gasteiger partial charge in [-0.05, 0) is 24.6 Å². The maximum atomic E-state index is 13.6. The molecule has 0 amide bonds. The van der Waals surface area contributed by atoms with Crippen LogP contribution in [-0.4, -0.2) is 25.5 Å². The SMILES string of the molecule is CCC(CC(=O)O)NS(=O)(=O)c1ccc(Br)cc1F. The van der Waals surface area contributed by atoms with Gasteiger partial charge in [0.15, 0.2) is 0 Å². The molecule has 106 valence electrons. The van der Waals surface area contributed by atoms with Gasteiger partial charge in [-0.25, -0.2) is 17.5 Å². The van der Waals surface area contributed by atoms with Crippen molar-refractivity contribution in [2.75, 3.05) is 0 Å². The van der Waals surface area contributed by atoms with Crippen molar-refractivity contribution in [3.8, 4) is 0 Å². The monoisotopic (exact) mass is 353 g/mol. The number of rotatable bonds is 6. The summed E-state index contributed by atoms with van der Waals surface area (Å²) in [5.74, 6) is -2.02. The zero-order valence-electron chi connectivity index (χ0n) is 10.1. The van der Waals surface area contributed by atoms with Crippen molar-refractivity contribution >= 4 is 31.9 Å². The highest BCUT2D eigenvalue weighted by Gasteiger charge is 2.23. The van der Waals surface area contributed by atoms with Crippen LogP contribution < -0.4 is 4.72 Å². The number of sulfonamides is 1. The summed E-state index contributed by atoms with van der Waals surface area (Å²) in [7, 11) is -4.07. The molecular weight excluding hydrogens is 341 g/mol. The van der Waals surface area contributed by atoms with E-state index in [9.17, 15) is 17.6 Å². The van der Waals surface area contributed by atoms with Crippen LogP contribution in [0.3, 0.4) is 0 Å². The quantitative estimate of drug-likeness (QED) is 0.820. The molecule has 0 saturated carbocycles. The van der Waals surface area contributed by atoms with Crippen LogP contribution in [0.5, 0.6) is 0 Å². The van der Waals surface area contributed by atoms with E-state index >= 15 is 0 Å². The molecular formula is C11H13BrFNO4S. The van der Waals surface area contributed by atoms with Crippen LogP contribution >= 0.6 is 15.9 Å². The van der Waals surface area contributed by atoms with Crippen molar-refractivity contribution in [2.24, 2.45) is 0 Å². The molecule has 0 aromatic heterocycles. The number of halogens is 2. The van der Waals surface area contributed by atoms with E-state index in [1.165, 1.54) is 6.07 Å². The highest BCUT2D eigenvalue weighted by Crippen LogP contribution is 2.20. The molecule has 2 N–H and O–H groups in total. The number of hydrogen-bond donors (Lipinski definition) is 2. The van der Waals surface area contributed by atoms with Gasteiger partial charge < -0.3 is 5.11 Å². The van der Waals surface area contributed by atoms with E-state index in [2.05, 4.69) is 20.7 Å². The summed E-state index contributed by atoms with van der Waals surface area (Å²) in [5.41, 5.74) is 0. The normalized spacial score (nSPS) is 13.2. The first-order valence-electron chi connectivity index (χ1n) is 5.45. The number of carboxylic acids is 1. The van der Waals surface area contributed by atoms with Crippen LogP contribution in [-0.2, 0) is 14.8 Å². The summed E-state index contributed by atoms with van der Waals surface area (Å²) in [6.45, 7) is 1.65. The van der Waals surface area contributed by atoms with E-state index < -0.39 is 32.7 Å². The average molecular weight is 354 g/mol. The highest BCUT2D eigenvalue weighted by molar-refractivity contribution is 9.10. The lowest BCUT2D eigenvalue weighted by molar-refractivity contribution is -0.137. The summed E-state index contributed by atoms with van der Waals surface area (Å²) in [5, 5.41) is 8.66. The minimum Gasteiger partial charge on any atom is -0.481 e. The molecule has 1 aromatic carbocycles. The Bertz CT molecular complexity index is 576. The predicted octanol–water partition coefficient (Wildman–Crippen LogP) is 2.12. The fraction of sp³-hybridized carbons (Fsp3) is 0.364. The van der Waals surface area contributed by atoms with Crippen LogP contribution in [0.15, 0.2) is 27.6 Å². The van der Waals surface area contributed by atoms with Crippen molar-refractivity contribution in [3.05, 3.63) is 28.5 Å². The molecule has 0 spiro atoms. The zero-order valence-corrected chi connectivity index (χ0v) is 12.5. The lowest BCUT2D eigenvalue weighted by atomic mass is 10.2. The molecule has 0 bridgehead atoms. The van der Waals surface area contributed by atoms with Gasteiger partial charge in [-0.15, -0.1) is 0 Å². The molecule has 1 rings (SSSR count). The zero-order chi connectivity index (χ0) is 14.6. The van der Waals surface area contributed by atoms with Crippen molar-refractivity contribution in [1.82, 2.24) is 4.72 Å². The third-order valence-corrected chi connectivity index (χ3v) is 4.47. The molecule has 0 aliphatic rings. The van der Waals surface area contributed by atoms with Gasteiger partial charge in [0.05, 0.1) is 6.42 Å². The Morgan fingerprint density at radius 2 is 2.16 bits per heavy atom. The van der Waals surface area contributed by atoms with Crippen molar-refractivity contribution in [2.45, 2.75) is 30.7 Å². The highest BCUT2D eigenvalue weighted by atomic mass is 79.9. The number of carbonyl (C=O) groups is 1. The smallest absolute Gasteiger partial charge is 0.304 e. The van der Waals surface area contributed by atoms with Gasteiger partial charge in [-0.3, -0.25) is 4.79 Å². The Labute approximate surface area is 119 Å². The Balaban J connectivity index is 3.00. The third kappa shape index (κ3) is 4.55. The number of nitrogens with one attached hydrogen (secondary N) is 1. The molecule has 1 unspecified atom stereocenters. The van der Waals surface area contributed by atoms with Gasteiger partial charge in [0.25, 0.3) is 0 Å². The van der Waals surface area contributed by atoms with E-state index in [-0.39, 0.29) is 6.42 Å². The van der Waals surface area contributed by atoms with Gasteiger partial charge in [-0.2, -0.15) is 0 Å². The maximum Gasteiger partial charge on any atom is 0.304 e. The Morgan fingerprint density at radius 3 is 2.63 bits per heavy atom. The van der Waals surface area contributed by atoms with Crippen molar-refractivity contribution in [1.29, 1.82) is 0 Å². The summed E-state index contributed by atoms with van der Waals surface area (Å²) in [6, 6.07) is 2.78. The van der Waals surface area contributed by atoms with Crippen molar-refractivity contribution in [3.63, 3.8) is 0 Å². The second-order valence-electron chi connectivity index (χ2n) is 3.90. The fourth-order valence-corrected chi connectivity index (χ4v) is 3.17. The molecule has 5 nitrogen and oxygen atoms in total. The number of hydrogen-bond acceptors (Lipinski definition) is 3. The number of aliphatic carboxylic acids is 1. The molecule has 8 heteroatoms. The molecule has 1 aromatic rings. The molecule has 1 atom stereocenters. The average Bonchev–Trinajstić information content (AvgIpc) is 2.26. The van der Waals surface area contributed by atoms with E-state index in [1.54, 1.807) is 6.92 Å². The first kappa shape index (κ1) is 16.1. The number of benzene rings is 1. The first-order valence-corrected chi connectivity index (χ1v) is 7.73. The van der Waals surface area contributed by atoms with Gasteiger partial charge in [0.2, 0.25) is 10.0 Å². The minimum atomic E-state index is -4.07. The Morgan fingerprint density at radius 1 is 1.53 bits per heavy atom. The summed E-state index contributed by atoms with van der Waals surface area (Å²) >= 11 is 3.03. The lowest BCUT2D eigenvalue weighted by Gasteiger charge is -2.15. The van der Waals surface area contributed by atoms with Crippen LogP contribution in [0.1, 0.15) is 19.8 Å². The topological polar surface area (TPSA) is 83.5 Å².